The Hall–Kier alpha value is -0.600. The second-order valence-corrected chi connectivity index (χ2v) is 1.30. The number of isocyanates is 1. The highest BCUT2D eigenvalue weighted by Crippen LogP contribution is 1.75. The molecule has 0 N–H and O–H groups in total. The molecule has 0 spiro atoms. The third-order valence-electron chi connectivity index (χ3n) is 0.279. The van der Waals surface area contributed by atoms with Gasteiger partial charge in [0.1, 0.15) is 6.54 Å². The van der Waals surface area contributed by atoms with E-state index in [0.29, 0.717) is 0 Å². The van der Waals surface area contributed by atoms with Gasteiger partial charge >= 0.3 is 0 Å². The Labute approximate surface area is 45.8 Å². The molecule has 4 heteroatoms. The van der Waals surface area contributed by atoms with Gasteiger partial charge in [0.15, 0.2) is 0 Å². The smallest absolute Gasteiger partial charge is 0.235 e. The van der Waals surface area contributed by atoms with E-state index in [1.54, 1.807) is 0 Å². The summed E-state index contributed by atoms with van der Waals surface area (Å²) in [7, 11) is 0. The van der Waals surface area contributed by atoms with Gasteiger partial charge < -0.3 is 0 Å². The zero-order chi connectivity index (χ0) is 5.70. The highest BCUT2D eigenvalue weighted by molar-refractivity contribution is 7.96. The van der Waals surface area contributed by atoms with Gasteiger partial charge in [0.2, 0.25) is 11.2 Å². The molecule has 0 fully saturated rings. The maximum atomic E-state index is 9.79. The summed E-state index contributed by atoms with van der Waals surface area (Å²) < 4.78 is 0. The highest BCUT2D eigenvalue weighted by Gasteiger charge is 1.85. The topological polar surface area (TPSA) is 46.5 Å². The van der Waals surface area contributed by atoms with Gasteiger partial charge in [-0.1, -0.05) is 0 Å². The van der Waals surface area contributed by atoms with Crippen molar-refractivity contribution in [3.63, 3.8) is 0 Å². The molecular formula is C3H3NO2S. The second-order valence-electron chi connectivity index (χ2n) is 0.801. The fourth-order valence-electron chi connectivity index (χ4n) is 0.0999. The first-order valence-electron chi connectivity index (χ1n) is 1.53. The lowest BCUT2D eigenvalue weighted by atomic mass is 10.8. The van der Waals surface area contributed by atoms with Gasteiger partial charge in [-0.25, -0.2) is 4.79 Å². The molecule has 0 radical (unpaired) electrons. The molecule has 0 heterocycles. The standard InChI is InChI=1S/C3H3NO2S/c5-2-4-1-3(6)7/h1H2,(H,6,7). The van der Waals surface area contributed by atoms with E-state index >= 15 is 0 Å². The van der Waals surface area contributed by atoms with Crippen molar-refractivity contribution in [3.05, 3.63) is 0 Å². The predicted octanol–water partition coefficient (Wildman–Crippen LogP) is -0.221. The van der Waals surface area contributed by atoms with Crippen LogP contribution < -0.4 is 0 Å². The number of carbonyl (C=O) groups excluding carboxylic acids is 2. The van der Waals surface area contributed by atoms with E-state index in [9.17, 15) is 9.59 Å². The second kappa shape index (κ2) is 3.59. The first kappa shape index (κ1) is 6.40. The van der Waals surface area contributed by atoms with Crippen LogP contribution in [0.3, 0.4) is 0 Å². The molecule has 0 saturated carbocycles. The summed E-state index contributed by atoms with van der Waals surface area (Å²) in [5, 5.41) is -0.427. The molecule has 0 bridgehead atoms. The van der Waals surface area contributed by atoms with Crippen molar-refractivity contribution in [2.45, 2.75) is 0 Å². The lowest BCUT2D eigenvalue weighted by molar-refractivity contribution is -0.109. The Kier molecular flexibility index (Phi) is 3.28. The zero-order valence-corrected chi connectivity index (χ0v) is 4.31. The molecular weight excluding hydrogens is 114 g/mol. The molecule has 0 aliphatic heterocycles. The third kappa shape index (κ3) is 5.40. The van der Waals surface area contributed by atoms with Gasteiger partial charge in [0, 0.05) is 0 Å². The molecule has 0 aromatic rings. The first-order chi connectivity index (χ1) is 3.27. The number of hydrogen-bond acceptors (Lipinski definition) is 3. The summed E-state index contributed by atoms with van der Waals surface area (Å²) in [5.41, 5.74) is 0. The average Bonchev–Trinajstić information content (AvgIpc) is 1.61. The van der Waals surface area contributed by atoms with Crippen LogP contribution >= 0.6 is 12.6 Å². The van der Waals surface area contributed by atoms with Gasteiger partial charge in [0.05, 0.1) is 0 Å². The van der Waals surface area contributed by atoms with Crippen molar-refractivity contribution in [1.82, 2.24) is 0 Å². The maximum Gasteiger partial charge on any atom is 0.235 e. The summed E-state index contributed by atoms with van der Waals surface area (Å²) in [6.07, 6.45) is 1.20. The van der Waals surface area contributed by atoms with Crippen LogP contribution in [0.1, 0.15) is 0 Å². The van der Waals surface area contributed by atoms with Crippen molar-refractivity contribution >= 4 is 23.8 Å². The molecule has 0 saturated heterocycles. The summed E-state index contributed by atoms with van der Waals surface area (Å²) in [6, 6.07) is 0. The van der Waals surface area contributed by atoms with Gasteiger partial charge in [-0.3, -0.25) is 4.79 Å². The lowest BCUT2D eigenvalue weighted by Gasteiger charge is -1.73. The Morgan fingerprint density at radius 1 is 1.86 bits per heavy atom. The van der Waals surface area contributed by atoms with E-state index in [4.69, 9.17) is 0 Å². The number of nitrogens with zero attached hydrogens (tertiary/aromatic N) is 1. The quantitative estimate of drug-likeness (QED) is 0.309. The van der Waals surface area contributed by atoms with Crippen molar-refractivity contribution < 1.29 is 9.59 Å². The summed E-state index contributed by atoms with van der Waals surface area (Å²) in [5.74, 6) is 0. The van der Waals surface area contributed by atoms with Crippen LogP contribution in [-0.2, 0) is 9.59 Å². The van der Waals surface area contributed by atoms with Crippen molar-refractivity contribution in [1.29, 1.82) is 0 Å². The molecule has 0 aromatic heterocycles. The van der Waals surface area contributed by atoms with Crippen molar-refractivity contribution in [2.75, 3.05) is 6.54 Å². The van der Waals surface area contributed by atoms with Gasteiger partial charge in [-0.05, 0) is 0 Å². The molecule has 0 atom stereocenters. The Balaban J connectivity index is 3.32. The van der Waals surface area contributed by atoms with Gasteiger partial charge in [0.25, 0.3) is 0 Å². The fourth-order valence-corrected chi connectivity index (χ4v) is 0.171. The van der Waals surface area contributed by atoms with E-state index in [0.717, 1.165) is 0 Å². The lowest BCUT2D eigenvalue weighted by Crippen LogP contribution is -1.88. The molecule has 3 nitrogen and oxygen atoms in total. The Morgan fingerprint density at radius 2 is 2.43 bits per heavy atom. The van der Waals surface area contributed by atoms with Crippen LogP contribution in [0.25, 0.3) is 0 Å². The predicted molar refractivity (Wildman–Crippen MR) is 27.0 cm³/mol. The molecule has 0 aliphatic rings. The fraction of sp³-hybridized carbons (Fsp3) is 0.333. The van der Waals surface area contributed by atoms with Crippen LogP contribution in [0.5, 0.6) is 0 Å². The SMILES string of the molecule is O=C=NCC(=O)S. The van der Waals surface area contributed by atoms with Crippen LogP contribution in [-0.4, -0.2) is 17.7 Å². The normalized spacial score (nSPS) is 7.00. The minimum absolute atomic E-state index is 0.174. The van der Waals surface area contributed by atoms with Crippen LogP contribution in [0, 0.1) is 0 Å². The first-order valence-corrected chi connectivity index (χ1v) is 1.97. The van der Waals surface area contributed by atoms with Gasteiger partial charge in [-0.15, -0.1) is 12.6 Å². The molecule has 0 aromatic carbocycles. The van der Waals surface area contributed by atoms with Crippen LogP contribution in [0.4, 0.5) is 0 Å². The van der Waals surface area contributed by atoms with E-state index < -0.39 is 5.12 Å². The number of aliphatic imine (C=N–C) groups is 1. The van der Waals surface area contributed by atoms with E-state index in [2.05, 4.69) is 17.6 Å². The minimum atomic E-state index is -0.427. The highest BCUT2D eigenvalue weighted by atomic mass is 32.1. The third-order valence-corrected chi connectivity index (χ3v) is 0.420. The minimum Gasteiger partial charge on any atom is -0.285 e. The summed E-state index contributed by atoms with van der Waals surface area (Å²) in [4.78, 5) is 22.0. The number of thiol groups is 1. The molecule has 0 aliphatic carbocycles. The van der Waals surface area contributed by atoms with E-state index in [-0.39, 0.29) is 6.54 Å². The van der Waals surface area contributed by atoms with E-state index in [1.807, 2.05) is 0 Å². The largest absolute Gasteiger partial charge is 0.285 e. The van der Waals surface area contributed by atoms with E-state index in [1.165, 1.54) is 6.08 Å². The monoisotopic (exact) mass is 117 g/mol. The van der Waals surface area contributed by atoms with Crippen molar-refractivity contribution in [3.8, 4) is 0 Å². The number of rotatable bonds is 2. The van der Waals surface area contributed by atoms with Crippen LogP contribution in [0.15, 0.2) is 4.99 Å². The molecule has 0 unspecified atom stereocenters. The molecule has 0 amide bonds. The van der Waals surface area contributed by atoms with Crippen molar-refractivity contribution in [2.24, 2.45) is 4.99 Å². The summed E-state index contributed by atoms with van der Waals surface area (Å²) in [6.45, 7) is -0.174. The number of hydrogen-bond donors (Lipinski definition) is 1. The summed E-state index contributed by atoms with van der Waals surface area (Å²) >= 11 is 3.32. The maximum absolute atomic E-state index is 9.79. The number of carbonyl (C=O) groups is 1. The molecule has 7 heavy (non-hydrogen) atoms. The Morgan fingerprint density at radius 3 is 2.57 bits per heavy atom. The zero-order valence-electron chi connectivity index (χ0n) is 3.42. The molecule has 0 rings (SSSR count). The molecule has 38 valence electrons. The van der Waals surface area contributed by atoms with Crippen LogP contribution in [0.2, 0.25) is 0 Å². The average molecular weight is 117 g/mol. The van der Waals surface area contributed by atoms with Gasteiger partial charge in [-0.2, -0.15) is 4.99 Å². The Bertz CT molecular complexity index is 116.